The van der Waals surface area contributed by atoms with E-state index in [0.29, 0.717) is 6.04 Å². The maximum atomic E-state index is 10.4. The predicted octanol–water partition coefficient (Wildman–Crippen LogP) is 2.12. The van der Waals surface area contributed by atoms with Gasteiger partial charge in [-0.25, -0.2) is 0 Å². The van der Waals surface area contributed by atoms with Crippen LogP contribution in [-0.2, 0) is 0 Å². The molecule has 0 saturated heterocycles. The van der Waals surface area contributed by atoms with Gasteiger partial charge in [0, 0.05) is 11.6 Å². The molecular weight excluding hydrogens is 162 g/mol. The summed E-state index contributed by atoms with van der Waals surface area (Å²) >= 11 is 0. The molecule has 0 aromatic heterocycles. The lowest BCUT2D eigenvalue weighted by Crippen LogP contribution is -2.16. The zero-order valence-electron chi connectivity index (χ0n) is 8.32. The summed E-state index contributed by atoms with van der Waals surface area (Å²) in [4.78, 5) is 12.5. The number of carbonyl (C=O) groups is 1. The quantitative estimate of drug-likeness (QED) is 0.659. The van der Waals surface area contributed by atoms with Crippen molar-refractivity contribution in [3.8, 4) is 0 Å². The lowest BCUT2D eigenvalue weighted by Gasteiger charge is -2.19. The van der Waals surface area contributed by atoms with Crippen molar-refractivity contribution >= 4 is 6.29 Å². The highest BCUT2D eigenvalue weighted by molar-refractivity contribution is 5.74. The number of hydrogen-bond donors (Lipinski definition) is 0. The maximum Gasteiger partial charge on any atom is 0.150 e. The minimum Gasteiger partial charge on any atom is -0.303 e. The Morgan fingerprint density at radius 1 is 1.23 bits per heavy atom. The van der Waals surface area contributed by atoms with E-state index < -0.39 is 0 Å². The van der Waals surface area contributed by atoms with Gasteiger partial charge in [-0.1, -0.05) is 24.3 Å². The van der Waals surface area contributed by atoms with Crippen molar-refractivity contribution < 1.29 is 4.79 Å². The fourth-order valence-corrected chi connectivity index (χ4v) is 1.15. The molecule has 1 aromatic carbocycles. The third-order valence-corrected chi connectivity index (χ3v) is 2.33. The lowest BCUT2D eigenvalue weighted by molar-refractivity contribution is 0.112. The van der Waals surface area contributed by atoms with Crippen molar-refractivity contribution in [1.82, 2.24) is 4.90 Å². The highest BCUT2D eigenvalue weighted by Crippen LogP contribution is 2.16. The van der Waals surface area contributed by atoms with Crippen LogP contribution in [0.3, 0.4) is 0 Å². The molecule has 1 atom stereocenters. The fourth-order valence-electron chi connectivity index (χ4n) is 1.15. The SMILES string of the molecule is C[C@@H](c1ccc(C=O)cc1)N(C)C. The zero-order chi connectivity index (χ0) is 9.84. The van der Waals surface area contributed by atoms with E-state index in [-0.39, 0.29) is 0 Å². The lowest BCUT2D eigenvalue weighted by atomic mass is 10.1. The Balaban J connectivity index is 2.85. The minimum atomic E-state index is 0.390. The van der Waals surface area contributed by atoms with Crippen LogP contribution < -0.4 is 0 Å². The normalized spacial score (nSPS) is 12.9. The molecule has 0 aliphatic heterocycles. The number of rotatable bonds is 3. The summed E-state index contributed by atoms with van der Waals surface area (Å²) in [5.41, 5.74) is 1.96. The van der Waals surface area contributed by atoms with Crippen LogP contribution in [0.4, 0.5) is 0 Å². The molecule has 70 valence electrons. The number of benzene rings is 1. The third kappa shape index (κ3) is 2.39. The molecule has 1 rings (SSSR count). The Hall–Kier alpha value is -1.15. The Kier molecular flexibility index (Phi) is 3.20. The molecule has 0 bridgehead atoms. The molecule has 0 unspecified atom stereocenters. The molecule has 0 fully saturated rings. The van der Waals surface area contributed by atoms with Crippen molar-refractivity contribution in [2.24, 2.45) is 0 Å². The summed E-state index contributed by atoms with van der Waals surface area (Å²) in [5.74, 6) is 0. The minimum absolute atomic E-state index is 0.390. The first-order valence-electron chi connectivity index (χ1n) is 4.36. The number of carbonyl (C=O) groups excluding carboxylic acids is 1. The number of nitrogens with zero attached hydrogens (tertiary/aromatic N) is 1. The summed E-state index contributed by atoms with van der Waals surface area (Å²) in [5, 5.41) is 0. The van der Waals surface area contributed by atoms with Gasteiger partial charge < -0.3 is 4.90 Å². The Morgan fingerprint density at radius 2 is 1.77 bits per heavy atom. The van der Waals surface area contributed by atoms with Gasteiger partial charge in [-0.3, -0.25) is 4.79 Å². The first-order valence-corrected chi connectivity index (χ1v) is 4.36. The van der Waals surface area contributed by atoms with E-state index in [1.54, 1.807) is 0 Å². The number of hydrogen-bond acceptors (Lipinski definition) is 2. The molecular formula is C11H15NO. The third-order valence-electron chi connectivity index (χ3n) is 2.33. The van der Waals surface area contributed by atoms with Crippen molar-refractivity contribution in [3.05, 3.63) is 35.4 Å². The molecule has 13 heavy (non-hydrogen) atoms. The molecule has 2 nitrogen and oxygen atoms in total. The first-order chi connectivity index (χ1) is 6.15. The van der Waals surface area contributed by atoms with Gasteiger partial charge in [-0.15, -0.1) is 0 Å². The fraction of sp³-hybridized carbons (Fsp3) is 0.364. The Morgan fingerprint density at radius 3 is 2.15 bits per heavy atom. The summed E-state index contributed by atoms with van der Waals surface area (Å²) < 4.78 is 0. The predicted molar refractivity (Wildman–Crippen MR) is 53.9 cm³/mol. The van der Waals surface area contributed by atoms with Gasteiger partial charge in [0.15, 0.2) is 0 Å². The monoisotopic (exact) mass is 177 g/mol. The van der Waals surface area contributed by atoms with Crippen molar-refractivity contribution in [2.45, 2.75) is 13.0 Å². The molecule has 1 aromatic rings. The summed E-state index contributed by atoms with van der Waals surface area (Å²) in [6.07, 6.45) is 0.865. The highest BCUT2D eigenvalue weighted by Gasteiger charge is 2.06. The molecule has 0 amide bonds. The summed E-state index contributed by atoms with van der Waals surface area (Å²) in [7, 11) is 4.08. The van der Waals surface area contributed by atoms with Crippen molar-refractivity contribution in [3.63, 3.8) is 0 Å². The van der Waals surface area contributed by atoms with E-state index in [9.17, 15) is 4.79 Å². The molecule has 0 aliphatic rings. The van der Waals surface area contributed by atoms with Crippen LogP contribution in [-0.4, -0.2) is 25.3 Å². The van der Waals surface area contributed by atoms with Gasteiger partial charge in [0.25, 0.3) is 0 Å². The van der Waals surface area contributed by atoms with Gasteiger partial charge in [0.05, 0.1) is 0 Å². The van der Waals surface area contributed by atoms with E-state index in [1.807, 2.05) is 38.4 Å². The van der Waals surface area contributed by atoms with E-state index in [0.717, 1.165) is 11.8 Å². The van der Waals surface area contributed by atoms with Crippen LogP contribution in [0, 0.1) is 0 Å². The van der Waals surface area contributed by atoms with Crippen LogP contribution in [0.25, 0.3) is 0 Å². The molecule has 0 N–H and O–H groups in total. The van der Waals surface area contributed by atoms with Crippen LogP contribution in [0.1, 0.15) is 28.9 Å². The van der Waals surface area contributed by atoms with Gasteiger partial charge in [-0.05, 0) is 26.6 Å². The van der Waals surface area contributed by atoms with Crippen LogP contribution in [0.2, 0.25) is 0 Å². The second-order valence-corrected chi connectivity index (χ2v) is 3.42. The second kappa shape index (κ2) is 4.19. The molecule has 0 spiro atoms. The first kappa shape index (κ1) is 9.93. The molecule has 0 saturated carbocycles. The van der Waals surface area contributed by atoms with Gasteiger partial charge in [-0.2, -0.15) is 0 Å². The summed E-state index contributed by atoms with van der Waals surface area (Å²) in [6, 6.07) is 8.08. The van der Waals surface area contributed by atoms with E-state index in [2.05, 4.69) is 11.8 Å². The smallest absolute Gasteiger partial charge is 0.150 e. The average molecular weight is 177 g/mol. The van der Waals surface area contributed by atoms with Crippen LogP contribution >= 0.6 is 0 Å². The largest absolute Gasteiger partial charge is 0.303 e. The number of aldehydes is 1. The molecule has 0 aliphatic carbocycles. The Labute approximate surface area is 79.2 Å². The molecule has 0 radical (unpaired) electrons. The van der Waals surface area contributed by atoms with Gasteiger partial charge in [0.2, 0.25) is 0 Å². The molecule has 0 heterocycles. The zero-order valence-corrected chi connectivity index (χ0v) is 8.32. The van der Waals surface area contributed by atoms with E-state index >= 15 is 0 Å². The van der Waals surface area contributed by atoms with Crippen molar-refractivity contribution in [2.75, 3.05) is 14.1 Å². The standard InChI is InChI=1S/C11H15NO/c1-9(12(2)3)11-6-4-10(8-13)5-7-11/h4-9H,1-3H3/t9-/m0/s1. The maximum absolute atomic E-state index is 10.4. The van der Waals surface area contributed by atoms with Gasteiger partial charge in [0.1, 0.15) is 6.29 Å². The highest BCUT2D eigenvalue weighted by atomic mass is 16.1. The van der Waals surface area contributed by atoms with E-state index in [4.69, 9.17) is 0 Å². The van der Waals surface area contributed by atoms with Crippen LogP contribution in [0.5, 0.6) is 0 Å². The van der Waals surface area contributed by atoms with Gasteiger partial charge >= 0.3 is 0 Å². The summed E-state index contributed by atoms with van der Waals surface area (Å²) in [6.45, 7) is 2.13. The van der Waals surface area contributed by atoms with E-state index in [1.165, 1.54) is 5.56 Å². The molecule has 2 heteroatoms. The second-order valence-electron chi connectivity index (χ2n) is 3.42. The Bertz CT molecular complexity index is 277. The average Bonchev–Trinajstić information content (AvgIpc) is 2.17. The van der Waals surface area contributed by atoms with Crippen LogP contribution in [0.15, 0.2) is 24.3 Å². The van der Waals surface area contributed by atoms with Crippen molar-refractivity contribution in [1.29, 1.82) is 0 Å². The topological polar surface area (TPSA) is 20.3 Å².